The van der Waals surface area contributed by atoms with Crippen LogP contribution < -0.4 is 0 Å². The average molecular weight is 780 g/mol. The third-order valence-electron chi connectivity index (χ3n) is 9.68. The summed E-state index contributed by atoms with van der Waals surface area (Å²) in [6.45, 7) is 3.45. The van der Waals surface area contributed by atoms with E-state index in [0.29, 0.717) is 48.0 Å². The number of nitrogens with zero attached hydrogens (tertiary/aromatic N) is 4. The maximum absolute atomic E-state index is 13.4. The fourth-order valence-electron chi connectivity index (χ4n) is 6.82. The molecule has 3 amide bonds. The smallest absolute Gasteiger partial charge is 0.336 e. The molecule has 0 aliphatic carbocycles. The van der Waals surface area contributed by atoms with Crippen LogP contribution in [0.5, 0.6) is 0 Å². The van der Waals surface area contributed by atoms with Crippen LogP contribution in [0.1, 0.15) is 73.2 Å². The SMILES string of the molecule is CN(C)C(=O)C1(N2CCCCC2=O)CCN(CC[C@H](CN(C)C(=O)c2ccccc2)c2ccc(Cl)c(Cl)c2)CC1.O=C(O)CC(O)(CC(=O)O)C(=O)O. The van der Waals surface area contributed by atoms with Gasteiger partial charge in [-0.15, -0.1) is 0 Å². The lowest BCUT2D eigenvalue weighted by Crippen LogP contribution is -2.65. The van der Waals surface area contributed by atoms with Gasteiger partial charge in [0, 0.05) is 65.2 Å². The third kappa shape index (κ3) is 11.6. The first-order chi connectivity index (χ1) is 24.9. The van der Waals surface area contributed by atoms with E-state index >= 15 is 0 Å². The molecule has 2 aliphatic rings. The minimum absolute atomic E-state index is 0.0251. The Balaban J connectivity index is 0.000000496. The Morgan fingerprint density at radius 1 is 0.868 bits per heavy atom. The molecule has 2 aliphatic heterocycles. The van der Waals surface area contributed by atoms with Crippen molar-refractivity contribution >= 4 is 58.8 Å². The van der Waals surface area contributed by atoms with Crippen molar-refractivity contribution in [3.05, 3.63) is 69.7 Å². The van der Waals surface area contributed by atoms with E-state index in [1.807, 2.05) is 60.5 Å². The number of carboxylic acid groups (broad SMARTS) is 3. The number of rotatable bonds is 14. The monoisotopic (exact) mass is 778 g/mol. The highest BCUT2D eigenvalue weighted by Crippen LogP contribution is 2.35. The summed E-state index contributed by atoms with van der Waals surface area (Å²) in [6, 6.07) is 15.0. The lowest BCUT2D eigenvalue weighted by molar-refractivity contribution is -0.170. The van der Waals surface area contributed by atoms with Gasteiger partial charge < -0.3 is 40.0 Å². The fraction of sp³-hybridized carbons (Fsp3) is 0.514. The van der Waals surface area contributed by atoms with Gasteiger partial charge in [0.25, 0.3) is 5.91 Å². The van der Waals surface area contributed by atoms with Gasteiger partial charge in [-0.2, -0.15) is 0 Å². The van der Waals surface area contributed by atoms with E-state index < -0.39 is 41.9 Å². The number of hydrogen-bond acceptors (Lipinski definition) is 8. The minimum Gasteiger partial charge on any atom is -0.481 e. The zero-order valence-electron chi connectivity index (χ0n) is 30.2. The zero-order chi connectivity index (χ0) is 39.5. The van der Waals surface area contributed by atoms with E-state index in [4.69, 9.17) is 43.6 Å². The molecule has 53 heavy (non-hydrogen) atoms. The summed E-state index contributed by atoms with van der Waals surface area (Å²) in [7, 11) is 5.39. The first-order valence-corrected chi connectivity index (χ1v) is 18.0. The van der Waals surface area contributed by atoms with Crippen LogP contribution in [0.25, 0.3) is 0 Å². The molecule has 2 saturated heterocycles. The average Bonchev–Trinajstić information content (AvgIpc) is 3.11. The molecule has 2 aromatic carbocycles. The highest BCUT2D eigenvalue weighted by Gasteiger charge is 2.49. The molecule has 0 bridgehead atoms. The van der Waals surface area contributed by atoms with Gasteiger partial charge in [0.2, 0.25) is 11.8 Å². The normalized spacial score (nSPS) is 16.5. The standard InChI is InChI=1S/C31H40Cl2N4O3.C6H8O7/c1-34(2)30(40)31(37-17-8-7-11-28(37)38)15-19-36(20-16-31)18-14-25(24-12-13-26(32)27(33)21-24)22-35(3)29(39)23-9-5-4-6-10-23;7-3(8)1-6(13,5(11)12)2-4(9)10/h4-6,9-10,12-13,21,25H,7-8,11,14-20,22H2,1-3H3;13H,1-2H2,(H,7,8)(H,9,10)(H,11,12)/t25-;/m1./s1. The summed E-state index contributed by atoms with van der Waals surface area (Å²) in [5.41, 5.74) is -1.81. The number of carboxylic acids is 3. The summed E-state index contributed by atoms with van der Waals surface area (Å²) in [4.78, 5) is 77.6. The van der Waals surface area contributed by atoms with Gasteiger partial charge in [-0.3, -0.25) is 24.0 Å². The van der Waals surface area contributed by atoms with Gasteiger partial charge in [0.15, 0.2) is 5.60 Å². The van der Waals surface area contributed by atoms with E-state index in [-0.39, 0.29) is 23.6 Å². The molecular formula is C37H48Cl2N4O10. The lowest BCUT2D eigenvalue weighted by atomic mass is 9.82. The van der Waals surface area contributed by atoms with Gasteiger partial charge in [-0.1, -0.05) is 47.5 Å². The Bertz CT molecular complexity index is 1620. The molecule has 2 fully saturated rings. The van der Waals surface area contributed by atoms with E-state index in [1.165, 1.54) is 0 Å². The van der Waals surface area contributed by atoms with E-state index in [0.717, 1.165) is 44.5 Å². The number of halogens is 2. The lowest BCUT2D eigenvalue weighted by Gasteiger charge is -2.49. The highest BCUT2D eigenvalue weighted by atomic mass is 35.5. The maximum Gasteiger partial charge on any atom is 0.336 e. The largest absolute Gasteiger partial charge is 0.481 e. The third-order valence-corrected chi connectivity index (χ3v) is 10.4. The summed E-state index contributed by atoms with van der Waals surface area (Å²) < 4.78 is 0. The van der Waals surface area contributed by atoms with Gasteiger partial charge in [0.1, 0.15) is 5.54 Å². The molecule has 14 nitrogen and oxygen atoms in total. The van der Waals surface area contributed by atoms with Crippen LogP contribution in [0.3, 0.4) is 0 Å². The minimum atomic E-state index is -2.74. The molecule has 1 atom stereocenters. The van der Waals surface area contributed by atoms with Crippen LogP contribution in [0.4, 0.5) is 0 Å². The molecule has 0 radical (unpaired) electrons. The molecule has 0 unspecified atom stereocenters. The van der Waals surface area contributed by atoms with E-state index in [2.05, 4.69) is 4.90 Å². The van der Waals surface area contributed by atoms with Crippen molar-refractivity contribution in [3.8, 4) is 0 Å². The Morgan fingerprint density at radius 3 is 1.98 bits per heavy atom. The topological polar surface area (TPSA) is 196 Å². The summed E-state index contributed by atoms with van der Waals surface area (Å²) in [5, 5.41) is 34.8. The second-order valence-electron chi connectivity index (χ2n) is 13.8. The van der Waals surface area contributed by atoms with Crippen molar-refractivity contribution in [2.75, 3.05) is 53.9 Å². The predicted molar refractivity (Wildman–Crippen MR) is 197 cm³/mol. The van der Waals surface area contributed by atoms with Crippen LogP contribution in [0, 0.1) is 0 Å². The highest BCUT2D eigenvalue weighted by molar-refractivity contribution is 6.42. The van der Waals surface area contributed by atoms with Crippen molar-refractivity contribution in [3.63, 3.8) is 0 Å². The number of aliphatic hydroxyl groups is 1. The summed E-state index contributed by atoms with van der Waals surface area (Å²) in [5.74, 6) is -4.87. The predicted octanol–water partition coefficient (Wildman–Crippen LogP) is 3.93. The van der Waals surface area contributed by atoms with Gasteiger partial charge in [-0.05, 0) is 68.5 Å². The molecule has 4 rings (SSSR count). The number of amides is 3. The number of aliphatic carboxylic acids is 3. The number of benzene rings is 2. The first kappa shape index (κ1) is 43.2. The van der Waals surface area contributed by atoms with E-state index in [1.54, 1.807) is 23.9 Å². The van der Waals surface area contributed by atoms with Crippen LogP contribution >= 0.6 is 23.2 Å². The molecular weight excluding hydrogens is 731 g/mol. The number of hydrogen-bond donors (Lipinski definition) is 4. The Morgan fingerprint density at radius 2 is 1.47 bits per heavy atom. The van der Waals surface area contributed by atoms with Crippen molar-refractivity contribution in [2.45, 2.75) is 68.4 Å². The molecule has 16 heteroatoms. The molecule has 0 spiro atoms. The molecule has 0 aromatic heterocycles. The molecule has 2 heterocycles. The number of carbonyl (C=O) groups excluding carboxylic acids is 3. The second-order valence-corrected chi connectivity index (χ2v) is 14.6. The van der Waals surface area contributed by atoms with Crippen LogP contribution in [-0.2, 0) is 24.0 Å². The Labute approximate surface area is 318 Å². The molecule has 2 aromatic rings. The van der Waals surface area contributed by atoms with Gasteiger partial charge in [-0.25, -0.2) is 4.79 Å². The Hall–Kier alpha value is -4.24. The van der Waals surface area contributed by atoms with Crippen molar-refractivity contribution in [1.82, 2.24) is 19.6 Å². The molecule has 290 valence electrons. The van der Waals surface area contributed by atoms with Gasteiger partial charge >= 0.3 is 17.9 Å². The second kappa shape index (κ2) is 19.2. The quantitative estimate of drug-likeness (QED) is 0.217. The van der Waals surface area contributed by atoms with Crippen molar-refractivity contribution in [1.29, 1.82) is 0 Å². The summed E-state index contributed by atoms with van der Waals surface area (Å²) in [6.07, 6.45) is 2.13. The number of piperidine rings is 2. The number of likely N-dealkylation sites (tertiary alicyclic amines) is 2. The maximum atomic E-state index is 13.4. The van der Waals surface area contributed by atoms with E-state index in [9.17, 15) is 28.8 Å². The first-order valence-electron chi connectivity index (χ1n) is 17.3. The van der Waals surface area contributed by atoms with Crippen LogP contribution in [0.2, 0.25) is 10.0 Å². The van der Waals surface area contributed by atoms with Crippen LogP contribution in [-0.4, -0.2) is 141 Å². The Kier molecular flexibility index (Phi) is 15.6. The summed E-state index contributed by atoms with van der Waals surface area (Å²) >= 11 is 12.6. The zero-order valence-corrected chi connectivity index (χ0v) is 31.7. The van der Waals surface area contributed by atoms with Gasteiger partial charge in [0.05, 0.1) is 22.9 Å². The molecule has 4 N–H and O–H groups in total. The number of likely N-dealkylation sites (N-methyl/N-ethyl adjacent to an activating group) is 2. The fourth-order valence-corrected chi connectivity index (χ4v) is 7.12. The van der Waals surface area contributed by atoms with Crippen molar-refractivity contribution in [2.24, 2.45) is 0 Å². The van der Waals surface area contributed by atoms with Crippen LogP contribution in [0.15, 0.2) is 48.5 Å². The number of carbonyl (C=O) groups is 6. The molecule has 0 saturated carbocycles. The van der Waals surface area contributed by atoms with Crippen molar-refractivity contribution < 1.29 is 49.2 Å².